The Bertz CT molecular complexity index is 1370. The summed E-state index contributed by atoms with van der Waals surface area (Å²) in [6.45, 7) is 6.68. The molecule has 0 fully saturated rings. The predicted octanol–water partition coefficient (Wildman–Crippen LogP) is 25.5. The predicted molar refractivity (Wildman–Crippen MR) is 358 cm³/mol. The molecule has 0 bridgehead atoms. The summed E-state index contributed by atoms with van der Waals surface area (Å²) in [5.74, 6) is -0.854. The van der Waals surface area contributed by atoms with Crippen LogP contribution in [0, 0.1) is 0 Å². The topological polar surface area (TPSA) is 78.9 Å². The quantitative estimate of drug-likeness (QED) is 0.0261. The molecule has 0 aliphatic rings. The molecule has 0 saturated carbocycles. The minimum Gasteiger partial charge on any atom is -0.462 e. The summed E-state index contributed by atoms with van der Waals surface area (Å²) in [6.07, 6.45) is 89.1. The van der Waals surface area contributed by atoms with Crippen LogP contribution in [0.5, 0.6) is 0 Å². The van der Waals surface area contributed by atoms with Crippen molar-refractivity contribution >= 4 is 17.9 Å². The molecule has 1 unspecified atom stereocenters. The summed E-state index contributed by atoms with van der Waals surface area (Å²) < 4.78 is 17.0. The van der Waals surface area contributed by atoms with E-state index in [0.717, 1.165) is 77.0 Å². The van der Waals surface area contributed by atoms with E-state index in [9.17, 15) is 14.4 Å². The molecule has 0 aromatic rings. The number of hydrogen-bond donors (Lipinski definition) is 0. The van der Waals surface area contributed by atoms with E-state index in [2.05, 4.69) is 57.2 Å². The van der Waals surface area contributed by atoms with Gasteiger partial charge in [-0.05, 0) is 57.8 Å². The van der Waals surface area contributed by atoms with Crippen molar-refractivity contribution in [2.75, 3.05) is 13.2 Å². The van der Waals surface area contributed by atoms with Crippen molar-refractivity contribution in [1.29, 1.82) is 0 Å². The van der Waals surface area contributed by atoms with Crippen LogP contribution >= 0.6 is 0 Å². The van der Waals surface area contributed by atoms with Crippen LogP contribution in [0.2, 0.25) is 0 Å². The Labute approximate surface area is 512 Å². The van der Waals surface area contributed by atoms with Gasteiger partial charge in [-0.25, -0.2) is 0 Å². The van der Waals surface area contributed by atoms with Crippen molar-refractivity contribution in [3.8, 4) is 0 Å². The fourth-order valence-electron chi connectivity index (χ4n) is 11.3. The van der Waals surface area contributed by atoms with E-state index >= 15 is 0 Å². The molecule has 0 spiro atoms. The molecule has 0 saturated heterocycles. The molecule has 0 aliphatic carbocycles. The summed E-state index contributed by atoms with van der Waals surface area (Å²) in [4.78, 5) is 38.4. The number of allylic oxidation sites excluding steroid dienone is 6. The Balaban J connectivity index is 4.17. The van der Waals surface area contributed by atoms with Crippen molar-refractivity contribution in [1.82, 2.24) is 0 Å². The summed E-state index contributed by atoms with van der Waals surface area (Å²) in [5.41, 5.74) is 0. The number of hydrogen-bond acceptors (Lipinski definition) is 6. The molecule has 0 aromatic heterocycles. The van der Waals surface area contributed by atoms with Crippen molar-refractivity contribution in [2.24, 2.45) is 0 Å². The van der Waals surface area contributed by atoms with Gasteiger partial charge in [-0.3, -0.25) is 14.4 Å². The molecule has 0 aromatic carbocycles. The molecular formula is C76H142O6. The SMILES string of the molecule is CCCCC/C=C\C/C=C\C/C=C\CCCCCCCCC(=O)OC(COC(=O)CCCCCCCCCCCCCCCC)COC(=O)CCCCCCCCCCCCCCCCCCCCCCCCCCCCCCCCC. The van der Waals surface area contributed by atoms with Gasteiger partial charge in [0.1, 0.15) is 13.2 Å². The Hall–Kier alpha value is -2.37. The summed E-state index contributed by atoms with van der Waals surface area (Å²) in [5, 5.41) is 0. The fraction of sp³-hybridized carbons (Fsp3) is 0.882. The van der Waals surface area contributed by atoms with Gasteiger partial charge >= 0.3 is 17.9 Å². The number of unbranched alkanes of at least 4 members (excludes halogenated alkanes) is 52. The molecule has 0 aliphatic heterocycles. The standard InChI is InChI=1S/C76H142O6/c1-4-7-10-13-16-19-22-25-28-30-32-33-34-35-36-37-38-39-40-41-42-43-45-46-48-51-54-57-60-63-66-69-75(78)81-72-73(71-80-74(77)68-65-62-59-56-53-50-27-24-21-18-15-12-9-6-3)82-76(79)70-67-64-61-58-55-52-49-47-44-31-29-26-23-20-17-14-11-8-5-2/h17,20,26,29,44,47,73H,4-16,18-19,21-25,27-28,30-43,45-46,48-72H2,1-3H3/b20-17-,29-26-,47-44-. The lowest BCUT2D eigenvalue weighted by molar-refractivity contribution is -0.167. The van der Waals surface area contributed by atoms with Crippen molar-refractivity contribution in [2.45, 2.75) is 419 Å². The fourth-order valence-corrected chi connectivity index (χ4v) is 11.3. The average Bonchev–Trinajstić information content (AvgIpc) is 3.47. The molecule has 0 heterocycles. The summed E-state index contributed by atoms with van der Waals surface area (Å²) >= 11 is 0. The van der Waals surface area contributed by atoms with E-state index in [4.69, 9.17) is 14.2 Å². The Morgan fingerprint density at radius 3 is 0.707 bits per heavy atom. The maximum absolute atomic E-state index is 12.9. The zero-order valence-electron chi connectivity index (χ0n) is 55.5. The first-order valence-corrected chi connectivity index (χ1v) is 37.0. The van der Waals surface area contributed by atoms with Gasteiger partial charge in [0.25, 0.3) is 0 Å². The smallest absolute Gasteiger partial charge is 0.306 e. The van der Waals surface area contributed by atoms with E-state index in [1.165, 1.54) is 295 Å². The average molecular weight is 1150 g/mol. The maximum Gasteiger partial charge on any atom is 0.306 e. The lowest BCUT2D eigenvalue weighted by Crippen LogP contribution is -2.30. The van der Waals surface area contributed by atoms with Crippen LogP contribution < -0.4 is 0 Å². The first kappa shape index (κ1) is 79.6. The summed E-state index contributed by atoms with van der Waals surface area (Å²) in [6, 6.07) is 0. The van der Waals surface area contributed by atoms with E-state index in [0.29, 0.717) is 19.3 Å². The van der Waals surface area contributed by atoms with Crippen LogP contribution in [0.15, 0.2) is 36.5 Å². The molecule has 1 atom stereocenters. The van der Waals surface area contributed by atoms with E-state index in [1.54, 1.807) is 0 Å². The van der Waals surface area contributed by atoms with Crippen molar-refractivity contribution in [3.05, 3.63) is 36.5 Å². The minimum atomic E-state index is -0.777. The Morgan fingerprint density at radius 1 is 0.244 bits per heavy atom. The monoisotopic (exact) mass is 1150 g/mol. The Kier molecular flexibility index (Phi) is 69.1. The second-order valence-corrected chi connectivity index (χ2v) is 25.2. The van der Waals surface area contributed by atoms with E-state index in [-0.39, 0.29) is 31.1 Å². The van der Waals surface area contributed by atoms with Crippen LogP contribution in [-0.4, -0.2) is 37.2 Å². The number of carbonyl (C=O) groups excluding carboxylic acids is 3. The molecule has 482 valence electrons. The molecule has 0 amide bonds. The third kappa shape index (κ3) is 68.4. The first-order chi connectivity index (χ1) is 40.5. The number of rotatable bonds is 69. The zero-order valence-corrected chi connectivity index (χ0v) is 55.5. The van der Waals surface area contributed by atoms with Gasteiger partial charge in [0.2, 0.25) is 0 Å². The largest absolute Gasteiger partial charge is 0.462 e. The van der Waals surface area contributed by atoms with Gasteiger partial charge < -0.3 is 14.2 Å². The first-order valence-electron chi connectivity index (χ1n) is 37.0. The molecule has 82 heavy (non-hydrogen) atoms. The Morgan fingerprint density at radius 2 is 0.439 bits per heavy atom. The van der Waals surface area contributed by atoms with Crippen molar-refractivity contribution in [3.63, 3.8) is 0 Å². The maximum atomic E-state index is 12.9. The van der Waals surface area contributed by atoms with Crippen molar-refractivity contribution < 1.29 is 28.6 Å². The molecule has 6 heteroatoms. The number of ether oxygens (including phenoxy) is 3. The van der Waals surface area contributed by atoms with Gasteiger partial charge in [-0.2, -0.15) is 0 Å². The van der Waals surface area contributed by atoms with Crippen LogP contribution in [-0.2, 0) is 28.6 Å². The van der Waals surface area contributed by atoms with E-state index in [1.807, 2.05) is 0 Å². The molecule has 0 N–H and O–H groups in total. The van der Waals surface area contributed by atoms with Crippen LogP contribution in [0.25, 0.3) is 0 Å². The normalized spacial score (nSPS) is 12.2. The van der Waals surface area contributed by atoms with Gasteiger partial charge in [0.15, 0.2) is 6.10 Å². The second-order valence-electron chi connectivity index (χ2n) is 25.2. The molecule has 0 radical (unpaired) electrons. The zero-order chi connectivity index (χ0) is 59.2. The van der Waals surface area contributed by atoms with Crippen LogP contribution in [0.4, 0.5) is 0 Å². The molecule has 0 rings (SSSR count). The molecule has 6 nitrogen and oxygen atoms in total. The highest BCUT2D eigenvalue weighted by molar-refractivity contribution is 5.71. The van der Waals surface area contributed by atoms with Gasteiger partial charge in [0, 0.05) is 19.3 Å². The highest BCUT2D eigenvalue weighted by Crippen LogP contribution is 2.19. The second kappa shape index (κ2) is 71.1. The highest BCUT2D eigenvalue weighted by atomic mass is 16.6. The number of esters is 3. The van der Waals surface area contributed by atoms with E-state index < -0.39 is 6.10 Å². The number of carbonyl (C=O) groups is 3. The van der Waals surface area contributed by atoms with Crippen LogP contribution in [0.3, 0.4) is 0 Å². The van der Waals surface area contributed by atoms with Gasteiger partial charge in [-0.15, -0.1) is 0 Å². The van der Waals surface area contributed by atoms with Gasteiger partial charge in [0.05, 0.1) is 0 Å². The lowest BCUT2D eigenvalue weighted by atomic mass is 10.0. The summed E-state index contributed by atoms with van der Waals surface area (Å²) in [7, 11) is 0. The highest BCUT2D eigenvalue weighted by Gasteiger charge is 2.20. The third-order valence-corrected chi connectivity index (χ3v) is 16.9. The van der Waals surface area contributed by atoms with Gasteiger partial charge in [-0.1, -0.05) is 372 Å². The third-order valence-electron chi connectivity index (χ3n) is 16.9. The molecular weight excluding hydrogens is 1010 g/mol. The lowest BCUT2D eigenvalue weighted by Gasteiger charge is -2.18. The minimum absolute atomic E-state index is 0.0718. The van der Waals surface area contributed by atoms with Crippen LogP contribution in [0.1, 0.15) is 412 Å².